The molecule has 2 rings (SSSR count). The van der Waals surface area contributed by atoms with Gasteiger partial charge in [-0.15, -0.1) is 12.4 Å². The van der Waals surface area contributed by atoms with Gasteiger partial charge in [0.2, 0.25) is 0 Å². The van der Waals surface area contributed by atoms with Crippen molar-refractivity contribution in [2.75, 3.05) is 0 Å². The molecule has 3 unspecified atom stereocenters. The predicted molar refractivity (Wildman–Crippen MR) is 191 cm³/mol. The zero-order chi connectivity index (χ0) is 34.3. The first-order chi connectivity index (χ1) is 21.6. The van der Waals surface area contributed by atoms with E-state index < -0.39 is 56.7 Å². The van der Waals surface area contributed by atoms with Gasteiger partial charge in [-0.3, -0.25) is 9.11 Å². The summed E-state index contributed by atoms with van der Waals surface area (Å²) in [4.78, 5) is 24.4. The molecule has 0 bridgehead atoms. The van der Waals surface area contributed by atoms with Gasteiger partial charge in [0, 0.05) is 12.0 Å². The van der Waals surface area contributed by atoms with Crippen LogP contribution in [0.15, 0.2) is 58.3 Å². The molecule has 2 aromatic carbocycles. The summed E-state index contributed by atoms with van der Waals surface area (Å²) in [6.45, 7) is 5.33. The Hall–Kier alpha value is -0.950. The first-order valence-electron chi connectivity index (χ1n) is 15.3. The van der Waals surface area contributed by atoms with Crippen LogP contribution in [0.5, 0.6) is 11.5 Å². The van der Waals surface area contributed by atoms with Crippen molar-refractivity contribution < 1.29 is 54.5 Å². The van der Waals surface area contributed by atoms with Crippen LogP contribution in [-0.2, 0) is 29.7 Å². The van der Waals surface area contributed by atoms with Crippen LogP contribution in [0.1, 0.15) is 85.0 Å². The van der Waals surface area contributed by atoms with Crippen molar-refractivity contribution in [1.29, 1.82) is 0 Å². The summed E-state index contributed by atoms with van der Waals surface area (Å²) in [5, 5.41) is 0. The molecule has 0 fully saturated rings. The molecule has 2 aromatic rings. The normalized spacial score (nSPS) is 13.6. The first-order valence-corrected chi connectivity index (χ1v) is 18.2. The second kappa shape index (κ2) is 25.1. The van der Waals surface area contributed by atoms with E-state index in [9.17, 15) is 26.4 Å². The Labute approximate surface area is 340 Å². The van der Waals surface area contributed by atoms with Gasteiger partial charge in [0.05, 0.1) is 9.79 Å². The minimum atomic E-state index is -4.43. The number of carbonyl (C=O) groups is 2. The molecule has 0 radical (unpaired) electrons. The maximum atomic E-state index is 12.6. The van der Waals surface area contributed by atoms with Crippen molar-refractivity contribution in [2.24, 2.45) is 11.7 Å². The Morgan fingerprint density at radius 1 is 0.653 bits per heavy atom. The number of benzene rings is 2. The molecule has 0 aliphatic heterocycles. The molecule has 270 valence electrons. The number of unbranched alkanes of at least 4 members (excludes halogenated alkanes) is 8. The van der Waals surface area contributed by atoms with Gasteiger partial charge < -0.3 is 24.7 Å². The molecular formula is C31H48ClNNa2O12S2. The molecule has 13 nitrogen and oxygen atoms in total. The molecule has 49 heavy (non-hydrogen) atoms. The molecule has 0 aliphatic carbocycles. The summed E-state index contributed by atoms with van der Waals surface area (Å²) in [7, 11) is -8.85. The number of halogens is 1. The molecule has 0 saturated heterocycles. The average molecular weight is 772 g/mol. The quantitative estimate of drug-likeness (QED) is 0.0518. The molecule has 4 N–H and O–H groups in total. The van der Waals surface area contributed by atoms with Crippen LogP contribution in [-0.4, -0.2) is 116 Å². The van der Waals surface area contributed by atoms with Crippen LogP contribution >= 0.6 is 12.4 Å². The molecule has 0 aliphatic rings. The fourth-order valence-electron chi connectivity index (χ4n) is 5.02. The molecule has 0 aromatic heterocycles. The summed E-state index contributed by atoms with van der Waals surface area (Å²) in [6.07, 6.45) is 6.59. The summed E-state index contributed by atoms with van der Waals surface area (Å²) >= 11 is 0. The molecule has 0 saturated carbocycles. The number of nitrogens with two attached hydrogens (primary N) is 1. The molecule has 3 atom stereocenters. The van der Waals surface area contributed by atoms with Crippen LogP contribution in [0, 0.1) is 5.92 Å². The van der Waals surface area contributed by atoms with Crippen LogP contribution in [0.2, 0.25) is 0 Å². The first kappa shape index (κ1) is 50.2. The van der Waals surface area contributed by atoms with Gasteiger partial charge in [-0.25, -0.2) is 9.59 Å². The van der Waals surface area contributed by atoms with Gasteiger partial charge in [0.25, 0.3) is 20.2 Å². The van der Waals surface area contributed by atoms with E-state index in [4.69, 9.17) is 33.8 Å². The summed E-state index contributed by atoms with van der Waals surface area (Å²) in [5.74, 6) is -0.765. The van der Waals surface area contributed by atoms with Crippen molar-refractivity contribution in [2.45, 2.75) is 113 Å². The molecule has 0 amide bonds. The van der Waals surface area contributed by atoms with Crippen LogP contribution < -0.4 is 15.2 Å². The van der Waals surface area contributed by atoms with Crippen molar-refractivity contribution in [3.05, 3.63) is 48.5 Å². The number of rotatable bonds is 19. The molecule has 0 heterocycles. The van der Waals surface area contributed by atoms with Crippen LogP contribution in [0.25, 0.3) is 0 Å². The molecule has 18 heteroatoms. The number of hydrogen-bond donors (Lipinski definition) is 3. The van der Waals surface area contributed by atoms with E-state index in [-0.39, 0.29) is 92.8 Å². The number of hydrogen-bond acceptors (Lipinski definition) is 11. The van der Waals surface area contributed by atoms with E-state index in [1.54, 1.807) is 13.8 Å². The van der Waals surface area contributed by atoms with Crippen molar-refractivity contribution in [3.63, 3.8) is 0 Å². The van der Waals surface area contributed by atoms with E-state index in [2.05, 4.69) is 6.92 Å². The standard InChI is InChI=1S/C31H45NO12S2.ClH.2Na.2H/c1-4-5-6-7-8-9-10-11-12-13-28(32)29(22(2)41-30(33)43-24-14-18-26(19-15-24)45(35,36)37)23(3)42-31(34)44-25-16-20-27(21-17-25)46(38,39)40;;;;;/h14-23,28-29H,4-13,32H2,1-3H3,(H,35,36,37)(H,38,39,40);1H;;;;. The van der Waals surface area contributed by atoms with E-state index in [0.717, 1.165) is 49.9 Å². The Bertz CT molecular complexity index is 1370. The third-order valence-electron chi connectivity index (χ3n) is 7.43. The van der Waals surface area contributed by atoms with Gasteiger partial charge in [-0.05, 0) is 68.8 Å². The van der Waals surface area contributed by atoms with E-state index in [0.29, 0.717) is 6.42 Å². The second-order valence-corrected chi connectivity index (χ2v) is 13.9. The fraction of sp³-hybridized carbons (Fsp3) is 0.548. The van der Waals surface area contributed by atoms with E-state index in [1.165, 1.54) is 56.4 Å². The predicted octanol–water partition coefficient (Wildman–Crippen LogP) is 5.68. The summed E-state index contributed by atoms with van der Waals surface area (Å²) < 4.78 is 84.5. The Kier molecular flexibility index (Phi) is 25.7. The maximum absolute atomic E-state index is 12.6. The summed E-state index contributed by atoms with van der Waals surface area (Å²) in [6, 6.07) is 8.37. The number of ether oxygens (including phenoxy) is 4. The monoisotopic (exact) mass is 771 g/mol. The summed E-state index contributed by atoms with van der Waals surface area (Å²) in [5.41, 5.74) is 6.56. The van der Waals surface area contributed by atoms with E-state index in [1.807, 2.05) is 0 Å². The Morgan fingerprint density at radius 3 is 1.31 bits per heavy atom. The van der Waals surface area contributed by atoms with Crippen molar-refractivity contribution in [3.8, 4) is 11.5 Å². The Balaban J connectivity index is 0. The topological polar surface area (TPSA) is 206 Å². The van der Waals surface area contributed by atoms with Crippen LogP contribution in [0.3, 0.4) is 0 Å². The van der Waals surface area contributed by atoms with Gasteiger partial charge >= 0.3 is 71.4 Å². The molecular weight excluding hydrogens is 724 g/mol. The second-order valence-electron chi connectivity index (χ2n) is 11.1. The zero-order valence-corrected chi connectivity index (χ0v) is 29.2. The zero-order valence-electron chi connectivity index (χ0n) is 26.8. The Morgan fingerprint density at radius 2 is 0.980 bits per heavy atom. The van der Waals surface area contributed by atoms with Crippen molar-refractivity contribution >= 4 is 104 Å². The number of carbonyl (C=O) groups excluding carboxylic acids is 2. The van der Waals surface area contributed by atoms with Gasteiger partial charge in [0.1, 0.15) is 23.7 Å². The van der Waals surface area contributed by atoms with E-state index >= 15 is 0 Å². The van der Waals surface area contributed by atoms with Gasteiger partial charge in [-0.2, -0.15) is 16.8 Å². The third kappa shape index (κ3) is 19.5. The van der Waals surface area contributed by atoms with Crippen molar-refractivity contribution in [1.82, 2.24) is 0 Å². The third-order valence-corrected chi connectivity index (χ3v) is 9.17. The SMILES string of the molecule is CCCCCCCCCCCC(N)C(C(C)OC(=O)Oc1ccc(S(=O)(=O)O)cc1)C(C)OC(=O)Oc1ccc(S(=O)(=O)O)cc1.Cl.[NaH].[NaH]. The van der Waals surface area contributed by atoms with Gasteiger partial charge in [-0.1, -0.05) is 64.7 Å². The van der Waals surface area contributed by atoms with Crippen LogP contribution in [0.4, 0.5) is 9.59 Å². The molecule has 0 spiro atoms. The fourth-order valence-corrected chi connectivity index (χ4v) is 5.98. The average Bonchev–Trinajstić information content (AvgIpc) is 2.95. The minimum absolute atomic E-state index is 0. The van der Waals surface area contributed by atoms with Gasteiger partial charge in [0.15, 0.2) is 0 Å².